The Labute approximate surface area is 365 Å². The van der Waals surface area contributed by atoms with Crippen LogP contribution in [0.4, 0.5) is 0 Å². The number of carbonyl (C=O) groups is 3. The van der Waals surface area contributed by atoms with Gasteiger partial charge >= 0.3 is 11.9 Å². The first-order chi connectivity index (χ1) is 29.1. The van der Waals surface area contributed by atoms with Gasteiger partial charge in [0.1, 0.15) is 25.2 Å². The Balaban J connectivity index is 4.27. The number of phosphoric ester groups is 1. The van der Waals surface area contributed by atoms with E-state index in [0.29, 0.717) is 12.8 Å². The van der Waals surface area contributed by atoms with E-state index >= 15 is 0 Å². The van der Waals surface area contributed by atoms with Crippen molar-refractivity contribution >= 4 is 25.7 Å². The second kappa shape index (κ2) is 43.4. The van der Waals surface area contributed by atoms with E-state index < -0.39 is 51.1 Å². The predicted molar refractivity (Wildman–Crippen MR) is 239 cm³/mol. The first kappa shape index (κ1) is 57.7. The smallest absolute Gasteiger partial charge is 0.306 e. The van der Waals surface area contributed by atoms with E-state index in [2.05, 4.69) is 60.6 Å². The monoisotopic (exact) mass is 869 g/mol. The van der Waals surface area contributed by atoms with Crippen molar-refractivity contribution in [2.45, 2.75) is 231 Å². The average Bonchev–Trinajstić information content (AvgIpc) is 3.22. The summed E-state index contributed by atoms with van der Waals surface area (Å²) in [6.07, 6.45) is 47.6. The van der Waals surface area contributed by atoms with E-state index in [0.717, 1.165) is 64.2 Å². The average molecular weight is 869 g/mol. The van der Waals surface area contributed by atoms with Gasteiger partial charge in [-0.1, -0.05) is 172 Å². The van der Waals surface area contributed by atoms with E-state index in [-0.39, 0.29) is 19.4 Å². The number of rotatable bonds is 45. The predicted octanol–water partition coefficient (Wildman–Crippen LogP) is 10.5. The molecule has 11 nitrogen and oxygen atoms in total. The zero-order chi connectivity index (χ0) is 44.2. The van der Waals surface area contributed by atoms with E-state index in [1.165, 1.54) is 116 Å². The molecule has 0 aliphatic carbocycles. The third-order valence-electron chi connectivity index (χ3n) is 10.4. The number of ether oxygens (including phenoxy) is 2. The molecule has 0 bridgehead atoms. The van der Waals surface area contributed by atoms with Gasteiger partial charge in [-0.25, -0.2) is 0 Å². The molecule has 3 atom stereocenters. The molecule has 0 fully saturated rings. The fourth-order valence-corrected chi connectivity index (χ4v) is 7.35. The maximum atomic E-state index is 12.6. The Morgan fingerprint density at radius 2 is 0.883 bits per heavy atom. The van der Waals surface area contributed by atoms with Crippen LogP contribution in [0.5, 0.6) is 0 Å². The second-order valence-electron chi connectivity index (χ2n) is 16.3. The summed E-state index contributed by atoms with van der Waals surface area (Å²) in [5.74, 6) is -2.59. The van der Waals surface area contributed by atoms with Crippen LogP contribution in [-0.4, -0.2) is 49.9 Å². The molecular formula is C48H87NO10P-. The third kappa shape index (κ3) is 42.4. The summed E-state index contributed by atoms with van der Waals surface area (Å²) in [7, 11) is -4.96. The maximum Gasteiger partial charge on any atom is 0.306 e. The SMILES string of the molecule is CCCCC/C=C\C/C=C\CCCCCCCC(=O)O[C@H](COC(=O)CCCCCCCCCCCCC/C=C\CCCCCCCC)COP(=O)([O-])OC[C@H]([NH3+])C(=O)[O-]. The fraction of sp³-hybridized carbons (Fsp3) is 0.812. The lowest BCUT2D eigenvalue weighted by atomic mass is 10.0. The van der Waals surface area contributed by atoms with Gasteiger partial charge < -0.3 is 39.0 Å². The number of allylic oxidation sites excluding steroid dienone is 6. The van der Waals surface area contributed by atoms with E-state index in [4.69, 9.17) is 14.0 Å². The van der Waals surface area contributed by atoms with Gasteiger partial charge in [0.2, 0.25) is 0 Å². The van der Waals surface area contributed by atoms with Crippen molar-refractivity contribution in [2.24, 2.45) is 0 Å². The summed E-state index contributed by atoms with van der Waals surface area (Å²) in [6, 6.07) is -1.42. The van der Waals surface area contributed by atoms with E-state index in [1.807, 2.05) is 0 Å². The number of carboxylic acid groups (broad SMARTS) is 1. The number of unbranched alkanes of at least 4 members (excludes halogenated alkanes) is 25. The maximum absolute atomic E-state index is 12.6. The Kier molecular flexibility index (Phi) is 41.7. The lowest BCUT2D eigenvalue weighted by Gasteiger charge is -2.26. The quantitative estimate of drug-likeness (QED) is 0.0268. The van der Waals surface area contributed by atoms with Crippen LogP contribution in [0.3, 0.4) is 0 Å². The molecule has 0 aromatic heterocycles. The van der Waals surface area contributed by atoms with Crippen molar-refractivity contribution in [3.63, 3.8) is 0 Å². The van der Waals surface area contributed by atoms with Gasteiger partial charge in [0.25, 0.3) is 7.82 Å². The molecular weight excluding hydrogens is 781 g/mol. The lowest BCUT2D eigenvalue weighted by Crippen LogP contribution is -2.70. The number of hydrogen-bond acceptors (Lipinski definition) is 10. The minimum Gasteiger partial charge on any atom is -0.756 e. The standard InChI is InChI=1S/C48H88NO10P/c1-3-5-7-9-11-13-15-17-19-20-21-22-23-24-26-27-29-31-33-35-37-39-46(50)56-41-44(42-57-60(54,55)58-43-45(49)48(52)53)59-47(51)40-38-36-34-32-30-28-25-18-16-14-12-10-8-6-4-2/h12,14,17-19,25,44-45H,3-11,13,15-16,20-24,26-43,49H2,1-2H3,(H,52,53)(H,54,55)/p-1/b14-12-,19-17-,25-18-/t44-,45+/m1/s1. The van der Waals surface area contributed by atoms with Gasteiger partial charge in [-0.05, 0) is 70.6 Å². The van der Waals surface area contributed by atoms with Crippen LogP contribution >= 0.6 is 7.82 Å². The molecule has 0 spiro atoms. The van der Waals surface area contributed by atoms with Gasteiger partial charge in [0.05, 0.1) is 6.61 Å². The van der Waals surface area contributed by atoms with Gasteiger partial charge in [-0.15, -0.1) is 0 Å². The molecule has 0 aromatic carbocycles. The zero-order valence-corrected chi connectivity index (χ0v) is 39.0. The number of hydrogen-bond donors (Lipinski definition) is 1. The molecule has 1 unspecified atom stereocenters. The molecule has 3 N–H and O–H groups in total. The number of phosphoric acid groups is 1. The molecule has 0 radical (unpaired) electrons. The molecule has 0 saturated carbocycles. The van der Waals surface area contributed by atoms with Crippen LogP contribution in [-0.2, 0) is 37.5 Å². The van der Waals surface area contributed by atoms with Crippen LogP contribution in [0.2, 0.25) is 0 Å². The minimum atomic E-state index is -4.96. The molecule has 0 aliphatic heterocycles. The number of esters is 2. The largest absolute Gasteiger partial charge is 0.756 e. The molecule has 0 saturated heterocycles. The highest BCUT2D eigenvalue weighted by Gasteiger charge is 2.22. The molecule has 0 aliphatic rings. The third-order valence-corrected chi connectivity index (χ3v) is 11.3. The Morgan fingerprint density at radius 1 is 0.517 bits per heavy atom. The van der Waals surface area contributed by atoms with Crippen LogP contribution in [0, 0.1) is 0 Å². The molecule has 0 rings (SSSR count). The second-order valence-corrected chi connectivity index (χ2v) is 17.7. The number of carboxylic acids is 1. The molecule has 0 aromatic rings. The first-order valence-corrected chi connectivity index (χ1v) is 25.5. The molecule has 0 heterocycles. The molecule has 350 valence electrons. The van der Waals surface area contributed by atoms with Crippen molar-refractivity contribution in [2.75, 3.05) is 19.8 Å². The van der Waals surface area contributed by atoms with Crippen molar-refractivity contribution in [3.05, 3.63) is 36.5 Å². The highest BCUT2D eigenvalue weighted by Crippen LogP contribution is 2.38. The first-order valence-electron chi connectivity index (χ1n) is 24.0. The zero-order valence-electron chi connectivity index (χ0n) is 38.1. The van der Waals surface area contributed by atoms with Crippen LogP contribution < -0.4 is 15.7 Å². The highest BCUT2D eigenvalue weighted by atomic mass is 31.2. The van der Waals surface area contributed by atoms with Crippen LogP contribution in [0.25, 0.3) is 0 Å². The summed E-state index contributed by atoms with van der Waals surface area (Å²) in [5, 5.41) is 10.9. The van der Waals surface area contributed by atoms with Gasteiger partial charge in [0.15, 0.2) is 6.10 Å². The fourth-order valence-electron chi connectivity index (χ4n) is 6.56. The summed E-state index contributed by atoms with van der Waals surface area (Å²) < 4.78 is 32.4. The lowest BCUT2D eigenvalue weighted by molar-refractivity contribution is -0.441. The van der Waals surface area contributed by atoms with Gasteiger partial charge in [-0.2, -0.15) is 0 Å². The molecule has 60 heavy (non-hydrogen) atoms. The van der Waals surface area contributed by atoms with E-state index in [1.54, 1.807) is 0 Å². The van der Waals surface area contributed by atoms with Crippen molar-refractivity contribution in [3.8, 4) is 0 Å². The molecule has 0 amide bonds. The molecule has 12 heteroatoms. The number of aliphatic carboxylic acids is 1. The normalized spacial score (nSPS) is 13.9. The van der Waals surface area contributed by atoms with Crippen molar-refractivity contribution in [1.82, 2.24) is 0 Å². The Morgan fingerprint density at radius 3 is 1.35 bits per heavy atom. The van der Waals surface area contributed by atoms with E-state index in [9.17, 15) is 28.9 Å². The van der Waals surface area contributed by atoms with Gasteiger partial charge in [0, 0.05) is 12.8 Å². The van der Waals surface area contributed by atoms with Gasteiger partial charge in [-0.3, -0.25) is 14.2 Å². The van der Waals surface area contributed by atoms with Crippen molar-refractivity contribution in [1.29, 1.82) is 0 Å². The highest BCUT2D eigenvalue weighted by molar-refractivity contribution is 7.45. The number of quaternary nitrogens is 1. The number of carbonyl (C=O) groups excluding carboxylic acids is 3. The Bertz CT molecular complexity index is 1160. The summed E-state index contributed by atoms with van der Waals surface area (Å²) in [5.41, 5.74) is 3.25. The summed E-state index contributed by atoms with van der Waals surface area (Å²) in [6.45, 7) is 2.68. The minimum absolute atomic E-state index is 0.131. The Hall–Kier alpha value is -2.30. The topological polar surface area (TPSA) is 179 Å². The van der Waals surface area contributed by atoms with Crippen LogP contribution in [0.1, 0.15) is 219 Å². The summed E-state index contributed by atoms with van der Waals surface area (Å²) >= 11 is 0. The van der Waals surface area contributed by atoms with Crippen LogP contribution in [0.15, 0.2) is 36.5 Å². The van der Waals surface area contributed by atoms with Crippen molar-refractivity contribution < 1.29 is 53.2 Å². The summed E-state index contributed by atoms with van der Waals surface area (Å²) in [4.78, 5) is 48.2.